The monoisotopic (exact) mass is 424 g/mol. The van der Waals surface area contributed by atoms with Crippen molar-refractivity contribution >= 4 is 35.0 Å². The zero-order valence-corrected chi connectivity index (χ0v) is 17.1. The van der Waals surface area contributed by atoms with E-state index in [9.17, 15) is 4.79 Å². The van der Waals surface area contributed by atoms with Crippen molar-refractivity contribution in [1.29, 1.82) is 0 Å². The molecule has 0 bridgehead atoms. The maximum Gasteiger partial charge on any atom is 0.234 e. The number of hydrogen-bond donors (Lipinski definition) is 1. The number of nitrogens with zero attached hydrogens (tertiary/aromatic N) is 3. The molecule has 0 saturated carbocycles. The summed E-state index contributed by atoms with van der Waals surface area (Å²) < 4.78 is 7.40. The smallest absolute Gasteiger partial charge is 0.234 e. The molecule has 0 radical (unpaired) electrons. The second-order valence-corrected chi connectivity index (χ2v) is 7.68. The third kappa shape index (κ3) is 4.52. The Kier molecular flexibility index (Phi) is 5.69. The fraction of sp³-hybridized carbons (Fsp3) is 0.0952. The van der Waals surface area contributed by atoms with E-state index in [1.54, 1.807) is 36.6 Å². The summed E-state index contributed by atoms with van der Waals surface area (Å²) in [6.07, 6.45) is 1.59. The van der Waals surface area contributed by atoms with Crippen molar-refractivity contribution in [2.45, 2.75) is 12.1 Å². The molecule has 2 heterocycles. The van der Waals surface area contributed by atoms with Crippen LogP contribution in [0.1, 0.15) is 5.56 Å². The number of furan rings is 1. The van der Waals surface area contributed by atoms with Gasteiger partial charge in [-0.15, -0.1) is 10.2 Å². The van der Waals surface area contributed by atoms with E-state index in [1.807, 2.05) is 41.8 Å². The van der Waals surface area contributed by atoms with Gasteiger partial charge in [-0.25, -0.2) is 0 Å². The number of aryl methyl sites for hydroxylation is 1. The third-order valence-electron chi connectivity index (χ3n) is 4.13. The first-order valence-electron chi connectivity index (χ1n) is 8.85. The molecule has 4 rings (SSSR count). The van der Waals surface area contributed by atoms with E-state index in [1.165, 1.54) is 11.8 Å². The fourth-order valence-electron chi connectivity index (χ4n) is 2.72. The topological polar surface area (TPSA) is 73.0 Å². The summed E-state index contributed by atoms with van der Waals surface area (Å²) in [5.74, 6) is 1.23. The Labute approximate surface area is 176 Å². The maximum atomic E-state index is 12.4. The molecule has 146 valence electrons. The number of benzene rings is 2. The second-order valence-electron chi connectivity index (χ2n) is 6.30. The van der Waals surface area contributed by atoms with Crippen LogP contribution in [0.5, 0.6) is 0 Å². The minimum absolute atomic E-state index is 0.143. The summed E-state index contributed by atoms with van der Waals surface area (Å²) in [4.78, 5) is 12.4. The maximum absolute atomic E-state index is 12.4. The highest BCUT2D eigenvalue weighted by Crippen LogP contribution is 2.28. The van der Waals surface area contributed by atoms with Crippen molar-refractivity contribution in [3.05, 3.63) is 77.5 Å². The van der Waals surface area contributed by atoms with Gasteiger partial charge in [0.05, 0.1) is 12.0 Å². The molecule has 0 aliphatic heterocycles. The Bertz CT molecular complexity index is 1110. The first kappa shape index (κ1) is 19.3. The largest absolute Gasteiger partial charge is 0.461 e. The molecule has 0 unspecified atom stereocenters. The van der Waals surface area contributed by atoms with Crippen molar-refractivity contribution in [2.24, 2.45) is 0 Å². The lowest BCUT2D eigenvalue weighted by Gasteiger charge is -2.10. The molecule has 29 heavy (non-hydrogen) atoms. The van der Waals surface area contributed by atoms with E-state index in [0.29, 0.717) is 27.5 Å². The number of hydrogen-bond acceptors (Lipinski definition) is 5. The molecule has 0 atom stereocenters. The Hall–Kier alpha value is -3.03. The van der Waals surface area contributed by atoms with Gasteiger partial charge >= 0.3 is 0 Å². The summed E-state index contributed by atoms with van der Waals surface area (Å²) in [6, 6.07) is 18.6. The van der Waals surface area contributed by atoms with Crippen molar-refractivity contribution in [3.8, 4) is 17.3 Å². The first-order chi connectivity index (χ1) is 14.1. The SMILES string of the molecule is Cc1ccc(-n2c(SCC(=O)Nc3ccc(Cl)cc3)nnc2-c2ccco2)cc1. The van der Waals surface area contributed by atoms with Gasteiger partial charge in [0.25, 0.3) is 0 Å². The zero-order valence-electron chi connectivity index (χ0n) is 15.5. The van der Waals surface area contributed by atoms with Gasteiger partial charge in [-0.3, -0.25) is 9.36 Å². The number of halogens is 1. The number of rotatable bonds is 6. The third-order valence-corrected chi connectivity index (χ3v) is 5.31. The lowest BCUT2D eigenvalue weighted by atomic mass is 10.2. The zero-order chi connectivity index (χ0) is 20.2. The second kappa shape index (κ2) is 8.55. The number of nitrogens with one attached hydrogen (secondary N) is 1. The van der Waals surface area contributed by atoms with Gasteiger partial charge in [0.15, 0.2) is 10.9 Å². The van der Waals surface area contributed by atoms with Gasteiger partial charge in [-0.1, -0.05) is 41.1 Å². The molecule has 0 aliphatic rings. The van der Waals surface area contributed by atoms with Crippen molar-refractivity contribution in [2.75, 3.05) is 11.1 Å². The Balaban J connectivity index is 1.56. The number of carbonyl (C=O) groups excluding carboxylic acids is 1. The predicted octanol–water partition coefficient (Wildman–Crippen LogP) is 5.22. The van der Waals surface area contributed by atoms with E-state index >= 15 is 0 Å². The first-order valence-corrected chi connectivity index (χ1v) is 10.2. The van der Waals surface area contributed by atoms with Crippen molar-refractivity contribution < 1.29 is 9.21 Å². The normalized spacial score (nSPS) is 10.8. The Morgan fingerprint density at radius 1 is 1.10 bits per heavy atom. The van der Waals surface area contributed by atoms with Crippen LogP contribution in [0.25, 0.3) is 17.3 Å². The molecule has 0 aliphatic carbocycles. The molecule has 4 aromatic rings. The van der Waals surface area contributed by atoms with Gasteiger partial charge < -0.3 is 9.73 Å². The van der Waals surface area contributed by atoms with Crippen LogP contribution in [0.15, 0.2) is 76.5 Å². The highest BCUT2D eigenvalue weighted by Gasteiger charge is 2.19. The standard InChI is InChI=1S/C21H17ClN4O2S/c1-14-4-10-17(11-5-14)26-20(18-3-2-12-28-18)24-25-21(26)29-13-19(27)23-16-8-6-15(22)7-9-16/h2-12H,13H2,1H3,(H,23,27). The number of anilines is 1. The number of thioether (sulfide) groups is 1. The molecule has 1 amide bonds. The van der Waals surface area contributed by atoms with Crippen LogP contribution in [0.4, 0.5) is 5.69 Å². The van der Waals surface area contributed by atoms with Crippen molar-refractivity contribution in [1.82, 2.24) is 14.8 Å². The van der Waals surface area contributed by atoms with Gasteiger partial charge in [-0.05, 0) is 55.5 Å². The van der Waals surface area contributed by atoms with E-state index < -0.39 is 0 Å². The molecule has 6 nitrogen and oxygen atoms in total. The van der Waals surface area contributed by atoms with Crippen LogP contribution in [-0.4, -0.2) is 26.4 Å². The minimum Gasteiger partial charge on any atom is -0.461 e. The van der Waals surface area contributed by atoms with Gasteiger partial charge in [-0.2, -0.15) is 0 Å². The molecule has 0 saturated heterocycles. The Morgan fingerprint density at radius 2 is 1.86 bits per heavy atom. The van der Waals surface area contributed by atoms with Gasteiger partial charge in [0.2, 0.25) is 11.7 Å². The average Bonchev–Trinajstić information content (AvgIpc) is 3.38. The van der Waals surface area contributed by atoms with Crippen LogP contribution in [-0.2, 0) is 4.79 Å². The lowest BCUT2D eigenvalue weighted by Crippen LogP contribution is -2.14. The molecule has 2 aromatic heterocycles. The van der Waals surface area contributed by atoms with Gasteiger partial charge in [0.1, 0.15) is 0 Å². The van der Waals surface area contributed by atoms with Crippen molar-refractivity contribution in [3.63, 3.8) is 0 Å². The molecular weight excluding hydrogens is 408 g/mol. The summed E-state index contributed by atoms with van der Waals surface area (Å²) >= 11 is 7.18. The van der Waals surface area contributed by atoms with E-state index in [0.717, 1.165) is 11.3 Å². The number of aromatic nitrogens is 3. The molecule has 0 spiro atoms. The highest BCUT2D eigenvalue weighted by molar-refractivity contribution is 7.99. The van der Waals surface area contributed by atoms with Crippen LogP contribution in [0.2, 0.25) is 5.02 Å². The molecule has 2 aromatic carbocycles. The predicted molar refractivity (Wildman–Crippen MR) is 115 cm³/mol. The minimum atomic E-state index is -0.143. The van der Waals surface area contributed by atoms with Crippen LogP contribution >= 0.6 is 23.4 Å². The summed E-state index contributed by atoms with van der Waals surface area (Å²) in [5, 5.41) is 12.6. The summed E-state index contributed by atoms with van der Waals surface area (Å²) in [7, 11) is 0. The van der Waals surface area contributed by atoms with E-state index in [-0.39, 0.29) is 11.7 Å². The van der Waals surface area contributed by atoms with Crippen LogP contribution in [0.3, 0.4) is 0 Å². The van der Waals surface area contributed by atoms with E-state index in [4.69, 9.17) is 16.0 Å². The molecule has 0 fully saturated rings. The van der Waals surface area contributed by atoms with E-state index in [2.05, 4.69) is 15.5 Å². The molecular formula is C21H17ClN4O2S. The quantitative estimate of drug-likeness (QED) is 0.429. The lowest BCUT2D eigenvalue weighted by molar-refractivity contribution is -0.113. The fourth-order valence-corrected chi connectivity index (χ4v) is 3.59. The van der Waals surface area contributed by atoms with Crippen LogP contribution < -0.4 is 5.32 Å². The molecule has 1 N–H and O–H groups in total. The average molecular weight is 425 g/mol. The highest BCUT2D eigenvalue weighted by atomic mass is 35.5. The van der Waals surface area contributed by atoms with Gasteiger partial charge in [0, 0.05) is 16.4 Å². The number of carbonyl (C=O) groups is 1. The van der Waals surface area contributed by atoms with Crippen LogP contribution in [0, 0.1) is 6.92 Å². The summed E-state index contributed by atoms with van der Waals surface area (Å²) in [6.45, 7) is 2.03. The molecule has 8 heteroatoms. The summed E-state index contributed by atoms with van der Waals surface area (Å²) in [5.41, 5.74) is 2.74. The Morgan fingerprint density at radius 3 is 2.55 bits per heavy atom. The number of amides is 1.